The SMILES string of the molecule is Cc1ccc(S(=O)(=O)NC(=O)Nc2cc(S(=O)(=O)N3CCOCC3)ccc2-n2cncn2)cc1. The number of nitrogens with one attached hydrogen (secondary N) is 2. The number of nitrogens with zero attached hydrogens (tertiary/aromatic N) is 4. The Kier molecular flexibility index (Phi) is 6.65. The van der Waals surface area contributed by atoms with Gasteiger partial charge in [0.15, 0.2) is 0 Å². The molecule has 0 atom stereocenters. The number of rotatable bonds is 6. The number of sulfonamides is 2. The maximum absolute atomic E-state index is 13.1. The van der Waals surface area contributed by atoms with Crippen LogP contribution in [0.2, 0.25) is 0 Å². The van der Waals surface area contributed by atoms with E-state index in [1.54, 1.807) is 19.1 Å². The van der Waals surface area contributed by atoms with Gasteiger partial charge < -0.3 is 10.1 Å². The molecule has 14 heteroatoms. The van der Waals surface area contributed by atoms with Crippen LogP contribution < -0.4 is 10.0 Å². The van der Waals surface area contributed by atoms with Crippen LogP contribution in [-0.4, -0.2) is 68.2 Å². The van der Waals surface area contributed by atoms with Gasteiger partial charge in [0.05, 0.1) is 34.4 Å². The van der Waals surface area contributed by atoms with Crippen molar-refractivity contribution in [1.29, 1.82) is 0 Å². The molecule has 1 aromatic heterocycles. The lowest BCUT2D eigenvalue weighted by molar-refractivity contribution is 0.0730. The molecule has 2 N–H and O–H groups in total. The molecule has 0 bridgehead atoms. The number of carbonyl (C=O) groups excluding carboxylic acids is 1. The molecule has 2 heterocycles. The molecule has 180 valence electrons. The molecule has 0 aliphatic carbocycles. The molecule has 2 aromatic carbocycles. The summed E-state index contributed by atoms with van der Waals surface area (Å²) < 4.78 is 61.1. The number of ether oxygens (including phenoxy) is 1. The van der Waals surface area contributed by atoms with Gasteiger partial charge in [-0.1, -0.05) is 17.7 Å². The fourth-order valence-electron chi connectivity index (χ4n) is 3.29. The number of urea groups is 1. The number of benzene rings is 2. The average molecular weight is 507 g/mol. The molecule has 34 heavy (non-hydrogen) atoms. The molecule has 2 amide bonds. The first kappa shape index (κ1) is 23.8. The van der Waals surface area contributed by atoms with Crippen LogP contribution in [0.25, 0.3) is 5.69 Å². The maximum Gasteiger partial charge on any atom is 0.333 e. The zero-order valence-corrected chi connectivity index (χ0v) is 19.7. The summed E-state index contributed by atoms with van der Waals surface area (Å²) in [6, 6.07) is 8.98. The van der Waals surface area contributed by atoms with Crippen molar-refractivity contribution >= 4 is 31.8 Å². The highest BCUT2D eigenvalue weighted by Gasteiger charge is 2.28. The smallest absolute Gasteiger partial charge is 0.333 e. The van der Waals surface area contributed by atoms with Crippen LogP contribution in [-0.2, 0) is 24.8 Å². The first-order chi connectivity index (χ1) is 16.2. The van der Waals surface area contributed by atoms with Gasteiger partial charge in [0.25, 0.3) is 10.0 Å². The van der Waals surface area contributed by atoms with Gasteiger partial charge in [-0.3, -0.25) is 0 Å². The van der Waals surface area contributed by atoms with Crippen molar-refractivity contribution in [3.8, 4) is 5.69 Å². The van der Waals surface area contributed by atoms with Crippen molar-refractivity contribution in [3.63, 3.8) is 0 Å². The van der Waals surface area contributed by atoms with E-state index in [0.717, 1.165) is 5.56 Å². The van der Waals surface area contributed by atoms with Gasteiger partial charge in [-0.05, 0) is 37.3 Å². The summed E-state index contributed by atoms with van der Waals surface area (Å²) in [6.45, 7) is 2.76. The average Bonchev–Trinajstić information content (AvgIpc) is 3.34. The van der Waals surface area contributed by atoms with Gasteiger partial charge in [0.1, 0.15) is 12.7 Å². The van der Waals surface area contributed by atoms with Crippen LogP contribution in [0.15, 0.2) is 64.9 Å². The summed E-state index contributed by atoms with van der Waals surface area (Å²) in [6.07, 6.45) is 2.63. The van der Waals surface area contributed by atoms with E-state index in [1.165, 1.54) is 52.0 Å². The molecule has 0 spiro atoms. The van der Waals surface area contributed by atoms with E-state index >= 15 is 0 Å². The minimum Gasteiger partial charge on any atom is -0.379 e. The number of hydrogen-bond acceptors (Lipinski definition) is 8. The summed E-state index contributed by atoms with van der Waals surface area (Å²) in [7, 11) is -8.03. The van der Waals surface area contributed by atoms with Crippen LogP contribution in [0.4, 0.5) is 10.5 Å². The van der Waals surface area contributed by atoms with E-state index in [0.29, 0.717) is 5.69 Å². The second-order valence-electron chi connectivity index (χ2n) is 7.41. The highest BCUT2D eigenvalue weighted by atomic mass is 32.2. The van der Waals surface area contributed by atoms with Gasteiger partial charge in [-0.2, -0.15) is 9.40 Å². The van der Waals surface area contributed by atoms with Crippen LogP contribution in [0.1, 0.15) is 5.56 Å². The Morgan fingerprint density at radius 3 is 2.32 bits per heavy atom. The quantitative estimate of drug-likeness (QED) is 0.504. The molecule has 1 aliphatic heterocycles. The number of aryl methyl sites for hydroxylation is 1. The molecule has 4 rings (SSSR count). The predicted octanol–water partition coefficient (Wildman–Crippen LogP) is 1.11. The molecule has 3 aromatic rings. The number of anilines is 1. The minimum atomic E-state index is -4.16. The van der Waals surface area contributed by atoms with Crippen molar-refractivity contribution in [2.45, 2.75) is 16.7 Å². The van der Waals surface area contributed by atoms with Crippen LogP contribution >= 0.6 is 0 Å². The van der Waals surface area contributed by atoms with Gasteiger partial charge in [-0.15, -0.1) is 0 Å². The third-order valence-electron chi connectivity index (χ3n) is 5.05. The monoisotopic (exact) mass is 506 g/mol. The normalized spacial score (nSPS) is 15.1. The number of aromatic nitrogens is 3. The second kappa shape index (κ2) is 9.50. The zero-order valence-electron chi connectivity index (χ0n) is 18.1. The van der Waals surface area contributed by atoms with Crippen molar-refractivity contribution in [3.05, 3.63) is 60.7 Å². The second-order valence-corrected chi connectivity index (χ2v) is 11.0. The van der Waals surface area contributed by atoms with Crippen molar-refractivity contribution in [2.24, 2.45) is 0 Å². The number of morpholine rings is 1. The number of hydrogen-bond donors (Lipinski definition) is 2. The lowest BCUT2D eigenvalue weighted by Crippen LogP contribution is -2.40. The highest BCUT2D eigenvalue weighted by Crippen LogP contribution is 2.26. The first-order valence-electron chi connectivity index (χ1n) is 10.1. The molecular formula is C20H22N6O6S2. The van der Waals surface area contributed by atoms with E-state index < -0.39 is 26.1 Å². The molecule has 0 radical (unpaired) electrons. The van der Waals surface area contributed by atoms with E-state index in [9.17, 15) is 21.6 Å². The van der Waals surface area contributed by atoms with Crippen LogP contribution in [0, 0.1) is 6.92 Å². The van der Waals surface area contributed by atoms with E-state index in [1.807, 2.05) is 4.72 Å². The summed E-state index contributed by atoms with van der Waals surface area (Å²) in [4.78, 5) is 16.3. The largest absolute Gasteiger partial charge is 0.379 e. The Labute approximate surface area is 196 Å². The first-order valence-corrected chi connectivity index (χ1v) is 13.1. The Morgan fingerprint density at radius 1 is 1.00 bits per heavy atom. The van der Waals surface area contributed by atoms with Crippen molar-refractivity contribution in [1.82, 2.24) is 23.8 Å². The van der Waals surface area contributed by atoms with Gasteiger partial charge in [0.2, 0.25) is 10.0 Å². The van der Waals surface area contributed by atoms with E-state index in [2.05, 4.69) is 15.4 Å². The number of amides is 2. The Balaban J connectivity index is 1.64. The van der Waals surface area contributed by atoms with Crippen molar-refractivity contribution in [2.75, 3.05) is 31.6 Å². The van der Waals surface area contributed by atoms with Gasteiger partial charge in [0, 0.05) is 13.1 Å². The topological polar surface area (TPSA) is 153 Å². The fourth-order valence-corrected chi connectivity index (χ4v) is 5.63. The minimum absolute atomic E-state index is 0.0245. The summed E-state index contributed by atoms with van der Waals surface area (Å²) in [5.74, 6) is 0. The lowest BCUT2D eigenvalue weighted by atomic mass is 10.2. The number of carbonyl (C=O) groups is 1. The molecule has 0 unspecified atom stereocenters. The standard InChI is InChI=1S/C20H22N6O6S2/c1-15-2-4-16(5-3-15)33(28,29)24-20(27)23-18-12-17(6-7-19(18)26-14-21-13-22-26)34(30,31)25-8-10-32-11-9-25/h2-7,12-14H,8-11H2,1H3,(H2,23,24,27). The maximum atomic E-state index is 13.1. The van der Waals surface area contributed by atoms with Crippen LogP contribution in [0.3, 0.4) is 0 Å². The molecule has 0 saturated carbocycles. The summed E-state index contributed by atoms with van der Waals surface area (Å²) >= 11 is 0. The predicted molar refractivity (Wildman–Crippen MR) is 121 cm³/mol. The molecule has 12 nitrogen and oxygen atoms in total. The molecule has 1 aliphatic rings. The highest BCUT2D eigenvalue weighted by molar-refractivity contribution is 7.90. The third kappa shape index (κ3) is 5.09. The molecule has 1 fully saturated rings. The Bertz CT molecular complexity index is 1380. The van der Waals surface area contributed by atoms with Crippen LogP contribution in [0.5, 0.6) is 0 Å². The third-order valence-corrected chi connectivity index (χ3v) is 8.29. The fraction of sp³-hybridized carbons (Fsp3) is 0.250. The van der Waals surface area contributed by atoms with Crippen molar-refractivity contribution < 1.29 is 26.4 Å². The van der Waals surface area contributed by atoms with E-state index in [4.69, 9.17) is 4.74 Å². The zero-order chi connectivity index (χ0) is 24.3. The molecular weight excluding hydrogens is 484 g/mol. The lowest BCUT2D eigenvalue weighted by Gasteiger charge is -2.26. The Morgan fingerprint density at radius 2 is 1.68 bits per heavy atom. The molecule has 1 saturated heterocycles. The van der Waals surface area contributed by atoms with Gasteiger partial charge in [-0.25, -0.2) is 36.0 Å². The summed E-state index contributed by atoms with van der Waals surface area (Å²) in [5, 5.41) is 6.43. The van der Waals surface area contributed by atoms with E-state index in [-0.39, 0.29) is 41.8 Å². The van der Waals surface area contributed by atoms with Gasteiger partial charge >= 0.3 is 6.03 Å². The Hall–Kier alpha value is -3.33. The summed E-state index contributed by atoms with van der Waals surface area (Å²) in [5.41, 5.74) is 1.18.